The van der Waals surface area contributed by atoms with Crippen LogP contribution < -0.4 is 0 Å². The predicted molar refractivity (Wildman–Crippen MR) is 124 cm³/mol. The molecule has 2 fully saturated rings. The first-order valence-corrected chi connectivity index (χ1v) is 12.9. The predicted octanol–water partition coefficient (Wildman–Crippen LogP) is 3.86. The van der Waals surface area contributed by atoms with Crippen LogP contribution in [0.3, 0.4) is 0 Å². The van der Waals surface area contributed by atoms with Crippen molar-refractivity contribution in [1.29, 1.82) is 0 Å². The van der Waals surface area contributed by atoms with Crippen molar-refractivity contribution in [2.75, 3.05) is 32.8 Å². The number of carbonyl (C=O) groups is 1. The van der Waals surface area contributed by atoms with Crippen LogP contribution in [0.2, 0.25) is 0 Å². The lowest BCUT2D eigenvalue weighted by Crippen LogP contribution is -2.41. The summed E-state index contributed by atoms with van der Waals surface area (Å²) in [6, 6.07) is 11.5. The average Bonchev–Trinajstić information content (AvgIpc) is 3.30. The van der Waals surface area contributed by atoms with Crippen molar-refractivity contribution < 1.29 is 17.9 Å². The summed E-state index contributed by atoms with van der Waals surface area (Å²) in [4.78, 5) is 15.7. The average molecular weight is 457 g/mol. The maximum atomic E-state index is 13.5. The normalized spacial score (nSPS) is 20.0. The molecule has 0 bridgehead atoms. The van der Waals surface area contributed by atoms with Crippen molar-refractivity contribution in [2.45, 2.75) is 51.0 Å². The SMILES string of the molecule is CCc1ccc(C(=O)N2CCCC2c2ccc(C)c(C)c2)cc1S(=O)(=O)N1CCOCC1. The van der Waals surface area contributed by atoms with Crippen LogP contribution in [0.1, 0.15) is 58.4 Å². The van der Waals surface area contributed by atoms with Gasteiger partial charge in [0.1, 0.15) is 0 Å². The topological polar surface area (TPSA) is 66.9 Å². The van der Waals surface area contributed by atoms with Gasteiger partial charge in [0.05, 0.1) is 24.2 Å². The summed E-state index contributed by atoms with van der Waals surface area (Å²) in [5.74, 6) is -0.105. The first-order chi connectivity index (χ1) is 15.3. The van der Waals surface area contributed by atoms with Gasteiger partial charge < -0.3 is 9.64 Å². The number of benzene rings is 2. The van der Waals surface area contributed by atoms with E-state index in [2.05, 4.69) is 32.0 Å². The Hall–Kier alpha value is -2.22. The first-order valence-electron chi connectivity index (χ1n) is 11.4. The van der Waals surface area contributed by atoms with Crippen molar-refractivity contribution in [1.82, 2.24) is 9.21 Å². The highest BCUT2D eigenvalue weighted by atomic mass is 32.2. The summed E-state index contributed by atoms with van der Waals surface area (Å²) < 4.78 is 33.5. The molecule has 0 aromatic heterocycles. The maximum absolute atomic E-state index is 13.5. The van der Waals surface area contributed by atoms with Crippen LogP contribution in [0.15, 0.2) is 41.3 Å². The summed E-state index contributed by atoms with van der Waals surface area (Å²) in [5.41, 5.74) is 4.76. The van der Waals surface area contributed by atoms with E-state index in [1.54, 1.807) is 18.2 Å². The van der Waals surface area contributed by atoms with E-state index in [-0.39, 0.29) is 16.8 Å². The fourth-order valence-corrected chi connectivity index (χ4v) is 6.37. The second kappa shape index (κ2) is 9.33. The van der Waals surface area contributed by atoms with E-state index >= 15 is 0 Å². The molecule has 1 amide bonds. The Morgan fingerprint density at radius 2 is 1.78 bits per heavy atom. The van der Waals surface area contributed by atoms with Crippen molar-refractivity contribution in [3.05, 3.63) is 64.2 Å². The van der Waals surface area contributed by atoms with Crippen LogP contribution in [-0.2, 0) is 21.2 Å². The lowest BCUT2D eigenvalue weighted by molar-refractivity contribution is 0.0727. The minimum Gasteiger partial charge on any atom is -0.379 e. The van der Waals surface area contributed by atoms with Crippen LogP contribution in [0.25, 0.3) is 0 Å². The molecule has 1 unspecified atom stereocenters. The number of sulfonamides is 1. The van der Waals surface area contributed by atoms with Crippen LogP contribution in [-0.4, -0.2) is 56.4 Å². The van der Waals surface area contributed by atoms with Gasteiger partial charge in [0.15, 0.2) is 0 Å². The molecule has 0 N–H and O–H groups in total. The molecule has 6 nitrogen and oxygen atoms in total. The zero-order valence-electron chi connectivity index (χ0n) is 19.1. The van der Waals surface area contributed by atoms with Crippen molar-refractivity contribution in [3.63, 3.8) is 0 Å². The molecular formula is C25H32N2O4S. The van der Waals surface area contributed by atoms with E-state index in [9.17, 15) is 13.2 Å². The molecule has 2 aromatic carbocycles. The van der Waals surface area contributed by atoms with Crippen molar-refractivity contribution in [3.8, 4) is 0 Å². The van der Waals surface area contributed by atoms with E-state index in [1.807, 2.05) is 11.8 Å². The van der Waals surface area contributed by atoms with E-state index in [1.165, 1.54) is 15.4 Å². The van der Waals surface area contributed by atoms with Gasteiger partial charge in [0, 0.05) is 25.2 Å². The zero-order valence-corrected chi connectivity index (χ0v) is 20.0. The molecule has 2 aliphatic rings. The monoisotopic (exact) mass is 456 g/mol. The third kappa shape index (κ3) is 4.34. The number of rotatable bonds is 5. The molecule has 2 heterocycles. The number of hydrogen-bond acceptors (Lipinski definition) is 4. The number of likely N-dealkylation sites (tertiary alicyclic amines) is 1. The van der Waals surface area contributed by atoms with Gasteiger partial charge >= 0.3 is 0 Å². The van der Waals surface area contributed by atoms with Crippen molar-refractivity contribution >= 4 is 15.9 Å². The quantitative estimate of drug-likeness (QED) is 0.685. The van der Waals surface area contributed by atoms with Gasteiger partial charge in [-0.25, -0.2) is 8.42 Å². The Kier molecular flexibility index (Phi) is 6.70. The van der Waals surface area contributed by atoms with Gasteiger partial charge in [-0.2, -0.15) is 4.31 Å². The van der Waals surface area contributed by atoms with Crippen LogP contribution in [0.5, 0.6) is 0 Å². The van der Waals surface area contributed by atoms with E-state index < -0.39 is 10.0 Å². The summed E-state index contributed by atoms with van der Waals surface area (Å²) in [7, 11) is -3.68. The number of aryl methyl sites for hydroxylation is 3. The van der Waals surface area contributed by atoms with Gasteiger partial charge in [-0.3, -0.25) is 4.79 Å². The third-order valence-corrected chi connectivity index (χ3v) is 8.69. The largest absolute Gasteiger partial charge is 0.379 e. The van der Waals surface area contributed by atoms with Gasteiger partial charge in [-0.05, 0) is 67.5 Å². The lowest BCUT2D eigenvalue weighted by atomic mass is 9.99. The third-order valence-electron chi connectivity index (χ3n) is 6.71. The Labute approximate surface area is 191 Å². The van der Waals surface area contributed by atoms with Crippen LogP contribution in [0, 0.1) is 13.8 Å². The summed E-state index contributed by atoms with van der Waals surface area (Å²) in [6.45, 7) is 8.25. The molecule has 0 saturated carbocycles. The number of nitrogens with zero attached hydrogens (tertiary/aromatic N) is 2. The second-order valence-corrected chi connectivity index (χ2v) is 10.6. The number of ether oxygens (including phenoxy) is 1. The highest BCUT2D eigenvalue weighted by Crippen LogP contribution is 2.34. The van der Waals surface area contributed by atoms with Crippen LogP contribution in [0.4, 0.5) is 0 Å². The van der Waals surface area contributed by atoms with Crippen LogP contribution >= 0.6 is 0 Å². The smallest absolute Gasteiger partial charge is 0.254 e. The van der Waals surface area contributed by atoms with Gasteiger partial charge in [0.2, 0.25) is 10.0 Å². The Morgan fingerprint density at radius 1 is 1.03 bits per heavy atom. The zero-order chi connectivity index (χ0) is 22.9. The van der Waals surface area contributed by atoms with Gasteiger partial charge in [-0.1, -0.05) is 31.2 Å². The first kappa shape index (κ1) is 23.0. The molecule has 0 spiro atoms. The molecule has 2 saturated heterocycles. The molecular weight excluding hydrogens is 424 g/mol. The molecule has 2 aromatic rings. The summed E-state index contributed by atoms with van der Waals surface area (Å²) in [5, 5.41) is 0. The molecule has 32 heavy (non-hydrogen) atoms. The highest BCUT2D eigenvalue weighted by molar-refractivity contribution is 7.89. The summed E-state index contributed by atoms with van der Waals surface area (Å²) in [6.07, 6.45) is 2.44. The number of amides is 1. The van der Waals surface area contributed by atoms with Gasteiger partial charge in [-0.15, -0.1) is 0 Å². The lowest BCUT2D eigenvalue weighted by Gasteiger charge is -2.28. The molecule has 7 heteroatoms. The minimum absolute atomic E-state index is 0.0203. The number of morpholine rings is 1. The summed E-state index contributed by atoms with van der Waals surface area (Å²) >= 11 is 0. The van der Waals surface area contributed by atoms with E-state index in [0.717, 1.165) is 24.0 Å². The van der Waals surface area contributed by atoms with Crippen molar-refractivity contribution in [2.24, 2.45) is 0 Å². The minimum atomic E-state index is -3.68. The standard InChI is InChI=1S/C25H32N2O4S/c1-4-20-9-10-22(17-24(20)32(29,30)26-12-14-31-15-13-26)25(28)27-11-5-6-23(27)21-8-7-18(2)19(3)16-21/h7-10,16-17,23H,4-6,11-15H2,1-3H3. The fraction of sp³-hybridized carbons (Fsp3) is 0.480. The van der Waals surface area contributed by atoms with Gasteiger partial charge in [0.25, 0.3) is 5.91 Å². The molecule has 172 valence electrons. The fourth-order valence-electron chi connectivity index (χ4n) is 4.64. The Balaban J connectivity index is 1.66. The maximum Gasteiger partial charge on any atom is 0.254 e. The molecule has 4 rings (SSSR count). The number of carbonyl (C=O) groups excluding carboxylic acids is 1. The second-order valence-electron chi connectivity index (χ2n) is 8.69. The molecule has 0 radical (unpaired) electrons. The van der Waals surface area contributed by atoms with E-state index in [0.29, 0.717) is 44.8 Å². The Bertz CT molecular complexity index is 1110. The Morgan fingerprint density at radius 3 is 2.47 bits per heavy atom. The molecule has 2 aliphatic heterocycles. The molecule has 1 atom stereocenters. The molecule has 0 aliphatic carbocycles. The number of hydrogen-bond donors (Lipinski definition) is 0. The highest BCUT2D eigenvalue weighted by Gasteiger charge is 2.33. The van der Waals surface area contributed by atoms with E-state index in [4.69, 9.17) is 4.74 Å².